The molecule has 1 fully saturated rings. The van der Waals surface area contributed by atoms with Crippen molar-refractivity contribution in [3.8, 4) is 0 Å². The summed E-state index contributed by atoms with van der Waals surface area (Å²) in [5.74, 6) is 0. The van der Waals surface area contributed by atoms with Crippen LogP contribution < -0.4 is 0 Å². The van der Waals surface area contributed by atoms with E-state index < -0.39 is 23.4 Å². The van der Waals surface area contributed by atoms with Crippen LogP contribution in [0.5, 0.6) is 0 Å². The molecule has 2 N–H and O–H groups in total. The third-order valence-electron chi connectivity index (χ3n) is 3.63. The lowest BCUT2D eigenvalue weighted by molar-refractivity contribution is -0.123. The number of rotatable bonds is 1. The molecule has 1 aliphatic rings. The van der Waals surface area contributed by atoms with Crippen molar-refractivity contribution >= 4 is 6.09 Å². The first-order valence-electron chi connectivity index (χ1n) is 7.16. The lowest BCUT2D eigenvalue weighted by Crippen LogP contribution is -2.55. The summed E-state index contributed by atoms with van der Waals surface area (Å²) in [4.78, 5) is 13.5. The van der Waals surface area contributed by atoms with Crippen molar-refractivity contribution in [3.05, 3.63) is 35.9 Å². The molecule has 0 aromatic heterocycles. The van der Waals surface area contributed by atoms with Gasteiger partial charge < -0.3 is 19.8 Å². The predicted octanol–water partition coefficient (Wildman–Crippen LogP) is 1.88. The van der Waals surface area contributed by atoms with Gasteiger partial charge in [-0.1, -0.05) is 30.3 Å². The topological polar surface area (TPSA) is 70.0 Å². The maximum Gasteiger partial charge on any atom is 0.410 e. The zero-order valence-corrected chi connectivity index (χ0v) is 12.7. The van der Waals surface area contributed by atoms with E-state index in [2.05, 4.69) is 0 Å². The largest absolute Gasteiger partial charge is 0.444 e. The Morgan fingerprint density at radius 2 is 1.95 bits per heavy atom. The average molecular weight is 293 g/mol. The van der Waals surface area contributed by atoms with Gasteiger partial charge in [0.1, 0.15) is 17.3 Å². The number of aliphatic hydroxyl groups is 2. The summed E-state index contributed by atoms with van der Waals surface area (Å²) in [5.41, 5.74) is -1.23. The van der Waals surface area contributed by atoms with Crippen LogP contribution >= 0.6 is 0 Å². The number of hydrogen-bond donors (Lipinski definition) is 2. The Morgan fingerprint density at radius 3 is 2.48 bits per heavy atom. The van der Waals surface area contributed by atoms with Crippen LogP contribution in [0.1, 0.15) is 32.8 Å². The molecule has 116 valence electrons. The molecule has 1 heterocycles. The van der Waals surface area contributed by atoms with Crippen molar-refractivity contribution in [1.29, 1.82) is 0 Å². The molecule has 5 heteroatoms. The minimum atomic E-state index is -1.32. The maximum absolute atomic E-state index is 12.0. The van der Waals surface area contributed by atoms with E-state index in [9.17, 15) is 15.0 Å². The van der Waals surface area contributed by atoms with Gasteiger partial charge in [-0.25, -0.2) is 4.79 Å². The van der Waals surface area contributed by atoms with Gasteiger partial charge in [-0.15, -0.1) is 0 Å². The first kappa shape index (κ1) is 15.8. The van der Waals surface area contributed by atoms with Crippen LogP contribution in [-0.2, 0) is 10.3 Å². The van der Waals surface area contributed by atoms with Crippen LogP contribution in [0.4, 0.5) is 4.79 Å². The molecule has 1 amide bonds. The number of aliphatic hydroxyl groups excluding tert-OH is 1. The third-order valence-corrected chi connectivity index (χ3v) is 3.63. The highest BCUT2D eigenvalue weighted by Gasteiger charge is 2.43. The fourth-order valence-electron chi connectivity index (χ4n) is 2.48. The number of nitrogens with zero attached hydrogens (tertiary/aromatic N) is 1. The summed E-state index contributed by atoms with van der Waals surface area (Å²) in [5, 5.41) is 21.0. The average Bonchev–Trinajstić information content (AvgIpc) is 2.41. The van der Waals surface area contributed by atoms with Crippen LogP contribution in [0.3, 0.4) is 0 Å². The number of piperidine rings is 1. The van der Waals surface area contributed by atoms with Crippen molar-refractivity contribution in [2.24, 2.45) is 0 Å². The lowest BCUT2D eigenvalue weighted by atomic mass is 9.82. The minimum absolute atomic E-state index is 0.0559. The minimum Gasteiger partial charge on any atom is -0.444 e. The molecule has 0 bridgehead atoms. The van der Waals surface area contributed by atoms with Crippen LogP contribution in [0.25, 0.3) is 0 Å². The Hall–Kier alpha value is -1.59. The van der Waals surface area contributed by atoms with Crippen molar-refractivity contribution in [2.45, 2.75) is 44.5 Å². The number of amides is 1. The molecule has 0 saturated carbocycles. The first-order chi connectivity index (χ1) is 9.72. The number of likely N-dealkylation sites (tertiary alicyclic amines) is 1. The van der Waals surface area contributed by atoms with Gasteiger partial charge in [0, 0.05) is 13.0 Å². The smallest absolute Gasteiger partial charge is 0.410 e. The summed E-state index contributed by atoms with van der Waals surface area (Å²) >= 11 is 0. The molecule has 0 unspecified atom stereocenters. The van der Waals surface area contributed by atoms with Gasteiger partial charge in [0.25, 0.3) is 0 Å². The van der Waals surface area contributed by atoms with E-state index >= 15 is 0 Å². The summed E-state index contributed by atoms with van der Waals surface area (Å²) in [6, 6.07) is 9.06. The molecule has 1 aliphatic heterocycles. The predicted molar refractivity (Wildman–Crippen MR) is 78.8 cm³/mol. The fraction of sp³-hybridized carbons (Fsp3) is 0.562. The van der Waals surface area contributed by atoms with Crippen molar-refractivity contribution in [2.75, 3.05) is 13.1 Å². The lowest BCUT2D eigenvalue weighted by Gasteiger charge is -2.42. The second-order valence-electron chi connectivity index (χ2n) is 6.48. The molecule has 2 rings (SSSR count). The number of β-amino-alcohol motifs (C(OH)–C–C–N with tert-alkyl or cyclic N) is 1. The third kappa shape index (κ3) is 3.54. The molecule has 0 aliphatic carbocycles. The van der Waals surface area contributed by atoms with Gasteiger partial charge >= 0.3 is 6.09 Å². The summed E-state index contributed by atoms with van der Waals surface area (Å²) in [6.07, 6.45) is -1.23. The second-order valence-corrected chi connectivity index (χ2v) is 6.48. The zero-order valence-electron chi connectivity index (χ0n) is 12.7. The van der Waals surface area contributed by atoms with Crippen LogP contribution in [0, 0.1) is 0 Å². The van der Waals surface area contributed by atoms with Gasteiger partial charge in [0.15, 0.2) is 0 Å². The van der Waals surface area contributed by atoms with E-state index in [0.29, 0.717) is 12.1 Å². The highest BCUT2D eigenvalue weighted by Crippen LogP contribution is 2.33. The highest BCUT2D eigenvalue weighted by molar-refractivity contribution is 5.68. The zero-order chi connectivity index (χ0) is 15.7. The van der Waals surface area contributed by atoms with E-state index in [-0.39, 0.29) is 13.0 Å². The van der Waals surface area contributed by atoms with Crippen LogP contribution in [0.2, 0.25) is 0 Å². The van der Waals surface area contributed by atoms with E-state index in [1.54, 1.807) is 32.9 Å². The first-order valence-corrected chi connectivity index (χ1v) is 7.16. The van der Waals surface area contributed by atoms with Crippen molar-refractivity contribution in [1.82, 2.24) is 4.90 Å². The van der Waals surface area contributed by atoms with Gasteiger partial charge in [0.2, 0.25) is 0 Å². The van der Waals surface area contributed by atoms with Gasteiger partial charge in [-0.3, -0.25) is 0 Å². The molecule has 1 aromatic rings. The normalized spacial score (nSPS) is 26.5. The number of ether oxygens (including phenoxy) is 1. The number of carbonyl (C=O) groups is 1. The molecule has 0 spiro atoms. The standard InChI is InChI=1S/C16H23NO4/c1-15(2,3)21-14(19)17-10-9-16(20,13(18)11-17)12-7-5-4-6-8-12/h4-8,13,18,20H,9-11H2,1-3H3/t13-,16-/m1/s1. The van der Waals surface area contributed by atoms with E-state index in [4.69, 9.17) is 4.74 Å². The van der Waals surface area contributed by atoms with Crippen LogP contribution in [-0.4, -0.2) is 46.0 Å². The van der Waals surface area contributed by atoms with Gasteiger partial charge in [-0.05, 0) is 26.3 Å². The number of hydrogen-bond acceptors (Lipinski definition) is 4. The summed E-state index contributed by atoms with van der Waals surface area (Å²) in [6.45, 7) is 5.79. The van der Waals surface area contributed by atoms with Gasteiger partial charge in [-0.2, -0.15) is 0 Å². The van der Waals surface area contributed by atoms with Crippen molar-refractivity contribution in [3.63, 3.8) is 0 Å². The molecule has 1 aromatic carbocycles. The van der Waals surface area contributed by atoms with E-state index in [1.165, 1.54) is 4.90 Å². The second kappa shape index (κ2) is 5.66. The Morgan fingerprint density at radius 1 is 1.33 bits per heavy atom. The van der Waals surface area contributed by atoms with E-state index in [1.807, 2.05) is 18.2 Å². The number of carbonyl (C=O) groups excluding carboxylic acids is 1. The molecule has 0 radical (unpaired) electrons. The Labute approximate surface area is 125 Å². The highest BCUT2D eigenvalue weighted by atomic mass is 16.6. The molecule has 1 saturated heterocycles. The number of benzene rings is 1. The SMILES string of the molecule is CC(C)(C)OC(=O)N1CC[C@@](O)(c2ccccc2)[C@H](O)C1. The Kier molecular flexibility index (Phi) is 4.25. The fourth-order valence-corrected chi connectivity index (χ4v) is 2.48. The molecule has 21 heavy (non-hydrogen) atoms. The van der Waals surface area contributed by atoms with Crippen LogP contribution in [0.15, 0.2) is 30.3 Å². The Balaban J connectivity index is 2.07. The summed E-state index contributed by atoms with van der Waals surface area (Å²) < 4.78 is 5.29. The molecule has 2 atom stereocenters. The quantitative estimate of drug-likeness (QED) is 0.829. The van der Waals surface area contributed by atoms with E-state index in [0.717, 1.165) is 0 Å². The van der Waals surface area contributed by atoms with Crippen molar-refractivity contribution < 1.29 is 19.7 Å². The Bertz CT molecular complexity index is 497. The molecular formula is C16H23NO4. The monoisotopic (exact) mass is 293 g/mol. The summed E-state index contributed by atoms with van der Waals surface area (Å²) in [7, 11) is 0. The maximum atomic E-state index is 12.0. The van der Waals surface area contributed by atoms with Gasteiger partial charge in [0.05, 0.1) is 6.54 Å². The molecule has 5 nitrogen and oxygen atoms in total. The molecular weight excluding hydrogens is 270 g/mol.